The molecule has 0 amide bonds. The Hall–Kier alpha value is -8.35. The predicted octanol–water partition coefficient (Wildman–Crippen LogP) is 14.6. The Kier molecular flexibility index (Phi) is 7.21. The Balaban J connectivity index is 1.09. The second kappa shape index (κ2) is 13.1. The highest BCUT2D eigenvalue weighted by Gasteiger charge is 2.22. The van der Waals surface area contributed by atoms with Gasteiger partial charge >= 0.3 is 0 Å². The van der Waals surface area contributed by atoms with E-state index in [4.69, 9.17) is 23.8 Å². The van der Waals surface area contributed by atoms with Gasteiger partial charge in [0.25, 0.3) is 0 Å². The number of benzene rings is 9. The molecule has 284 valence electrons. The molecule has 61 heavy (non-hydrogen) atoms. The summed E-state index contributed by atoms with van der Waals surface area (Å²) in [7, 11) is 0. The van der Waals surface area contributed by atoms with Gasteiger partial charge in [0, 0.05) is 49.0 Å². The van der Waals surface area contributed by atoms with Crippen molar-refractivity contribution in [2.24, 2.45) is 0 Å². The standard InChI is InChI=1S/C55H32N4O2/c1-2-13-33(14-3-1)34-17-12-18-37(27-34)53-56-54(38-25-26-43-41-20-7-10-23-49(41)60-51(43)32-38)58-55(57-53)39-29-45-42-21-8-11-24-50(42)61-52(45)48(31-39)59-46-22-9-6-19-40(46)44-28-35-15-4-5-16-36(35)30-47(44)59/h1-32H. The normalized spacial score (nSPS) is 11.9. The molecule has 0 radical (unpaired) electrons. The molecule has 0 atom stereocenters. The highest BCUT2D eigenvalue weighted by molar-refractivity contribution is 6.16. The highest BCUT2D eigenvalue weighted by Crippen LogP contribution is 2.42. The van der Waals surface area contributed by atoms with Gasteiger partial charge in [-0.2, -0.15) is 0 Å². The lowest BCUT2D eigenvalue weighted by molar-refractivity contribution is 0.666. The Morgan fingerprint density at radius 1 is 0.311 bits per heavy atom. The van der Waals surface area contributed by atoms with Crippen LogP contribution in [-0.4, -0.2) is 19.5 Å². The summed E-state index contributed by atoms with van der Waals surface area (Å²) in [6.07, 6.45) is 0. The van der Waals surface area contributed by atoms with Crippen molar-refractivity contribution >= 4 is 76.5 Å². The minimum Gasteiger partial charge on any atom is -0.456 e. The van der Waals surface area contributed by atoms with E-state index in [0.29, 0.717) is 17.5 Å². The third-order valence-corrected chi connectivity index (χ3v) is 12.0. The van der Waals surface area contributed by atoms with Crippen molar-refractivity contribution in [1.29, 1.82) is 0 Å². The minimum absolute atomic E-state index is 0.550. The lowest BCUT2D eigenvalue weighted by Gasteiger charge is -2.13. The van der Waals surface area contributed by atoms with Crippen molar-refractivity contribution in [2.45, 2.75) is 0 Å². The number of aromatic nitrogens is 4. The SMILES string of the molecule is c1ccc(-c2cccc(-c3nc(-c4ccc5c(c4)oc4ccccc45)nc(-c4cc(-n5c6ccccc6c6cc7ccccc7cc65)c5oc6ccccc6c5c4)n3)c2)cc1. The summed E-state index contributed by atoms with van der Waals surface area (Å²) in [5.74, 6) is 1.67. The fourth-order valence-corrected chi connectivity index (χ4v) is 9.12. The topological polar surface area (TPSA) is 69.9 Å². The quantitative estimate of drug-likeness (QED) is 0.174. The molecule has 0 aliphatic heterocycles. The van der Waals surface area contributed by atoms with Crippen LogP contribution in [0.5, 0.6) is 0 Å². The van der Waals surface area contributed by atoms with E-state index >= 15 is 0 Å². The molecule has 13 rings (SSSR count). The third-order valence-electron chi connectivity index (χ3n) is 12.0. The lowest BCUT2D eigenvalue weighted by atomic mass is 10.0. The van der Waals surface area contributed by atoms with Crippen LogP contribution in [-0.2, 0) is 0 Å². The van der Waals surface area contributed by atoms with E-state index in [1.807, 2.05) is 42.5 Å². The number of fused-ring (bicyclic) bond motifs is 10. The van der Waals surface area contributed by atoms with Crippen LogP contribution in [0.4, 0.5) is 0 Å². The molecule has 6 heteroatoms. The number of hydrogen-bond donors (Lipinski definition) is 0. The van der Waals surface area contributed by atoms with Gasteiger partial charge in [-0.25, -0.2) is 15.0 Å². The first-order chi connectivity index (χ1) is 30.2. The third kappa shape index (κ3) is 5.32. The van der Waals surface area contributed by atoms with Crippen LogP contribution in [0.15, 0.2) is 203 Å². The molecule has 0 saturated heterocycles. The molecule has 6 nitrogen and oxygen atoms in total. The minimum atomic E-state index is 0.550. The van der Waals surface area contributed by atoms with Crippen LogP contribution in [0.3, 0.4) is 0 Å². The van der Waals surface area contributed by atoms with Gasteiger partial charge < -0.3 is 13.4 Å². The van der Waals surface area contributed by atoms with Gasteiger partial charge in [0.2, 0.25) is 0 Å². The van der Waals surface area contributed by atoms with Crippen LogP contribution < -0.4 is 0 Å². The van der Waals surface area contributed by atoms with E-state index in [1.54, 1.807) is 0 Å². The first kappa shape index (κ1) is 33.6. The largest absolute Gasteiger partial charge is 0.456 e. The molecular formula is C55H32N4O2. The number of para-hydroxylation sites is 3. The molecule has 0 aliphatic carbocycles. The summed E-state index contributed by atoms with van der Waals surface area (Å²) in [5, 5.41) is 8.83. The van der Waals surface area contributed by atoms with E-state index < -0.39 is 0 Å². The average Bonchev–Trinajstić information content (AvgIpc) is 4.00. The van der Waals surface area contributed by atoms with Crippen molar-refractivity contribution in [2.75, 3.05) is 0 Å². The zero-order chi connectivity index (χ0) is 40.0. The fourth-order valence-electron chi connectivity index (χ4n) is 9.12. The number of rotatable bonds is 5. The first-order valence-corrected chi connectivity index (χ1v) is 20.4. The summed E-state index contributed by atoms with van der Waals surface area (Å²) in [4.78, 5) is 15.8. The Labute approximate surface area is 348 Å². The van der Waals surface area contributed by atoms with Gasteiger partial charge in [-0.3, -0.25) is 0 Å². The molecule has 0 saturated carbocycles. The second-order valence-corrected chi connectivity index (χ2v) is 15.6. The molecule has 0 aliphatic rings. The van der Waals surface area contributed by atoms with Crippen LogP contribution >= 0.6 is 0 Å². The predicted molar refractivity (Wildman–Crippen MR) is 248 cm³/mol. The zero-order valence-corrected chi connectivity index (χ0v) is 32.6. The summed E-state index contributed by atoms with van der Waals surface area (Å²) >= 11 is 0. The molecule has 13 aromatic rings. The Morgan fingerprint density at radius 2 is 0.902 bits per heavy atom. The van der Waals surface area contributed by atoms with Crippen molar-refractivity contribution < 1.29 is 8.83 Å². The van der Waals surface area contributed by atoms with Crippen LogP contribution in [0, 0.1) is 0 Å². The van der Waals surface area contributed by atoms with E-state index in [0.717, 1.165) is 88.4 Å². The van der Waals surface area contributed by atoms with E-state index in [2.05, 4.69) is 156 Å². The molecule has 4 heterocycles. The molecule has 0 spiro atoms. The molecule has 4 aromatic heterocycles. The van der Waals surface area contributed by atoms with Gasteiger partial charge in [0.15, 0.2) is 23.1 Å². The first-order valence-electron chi connectivity index (χ1n) is 20.4. The average molecular weight is 781 g/mol. The Morgan fingerprint density at radius 3 is 1.70 bits per heavy atom. The van der Waals surface area contributed by atoms with Gasteiger partial charge in [-0.1, -0.05) is 133 Å². The van der Waals surface area contributed by atoms with Crippen LogP contribution in [0.2, 0.25) is 0 Å². The molecular weight excluding hydrogens is 749 g/mol. The van der Waals surface area contributed by atoms with Gasteiger partial charge in [-0.15, -0.1) is 0 Å². The van der Waals surface area contributed by atoms with Gasteiger partial charge in [0.1, 0.15) is 16.7 Å². The zero-order valence-electron chi connectivity index (χ0n) is 32.6. The van der Waals surface area contributed by atoms with Crippen LogP contribution in [0.25, 0.3) is 127 Å². The second-order valence-electron chi connectivity index (χ2n) is 15.6. The number of furan rings is 2. The smallest absolute Gasteiger partial charge is 0.164 e. The maximum atomic E-state index is 6.81. The molecule has 0 fully saturated rings. The summed E-state index contributed by atoms with van der Waals surface area (Å²) < 4.78 is 15.5. The van der Waals surface area contributed by atoms with Gasteiger partial charge in [0.05, 0.1) is 16.7 Å². The van der Waals surface area contributed by atoms with Gasteiger partial charge in [-0.05, 0) is 82.6 Å². The number of hydrogen-bond acceptors (Lipinski definition) is 5. The summed E-state index contributed by atoms with van der Waals surface area (Å²) in [6.45, 7) is 0. The van der Waals surface area contributed by atoms with Crippen molar-refractivity contribution in [1.82, 2.24) is 19.5 Å². The van der Waals surface area contributed by atoms with E-state index in [1.165, 1.54) is 21.5 Å². The summed E-state index contributed by atoms with van der Waals surface area (Å²) in [5.41, 5.74) is 11.1. The molecule has 9 aromatic carbocycles. The fraction of sp³-hybridized carbons (Fsp3) is 0. The van der Waals surface area contributed by atoms with Crippen LogP contribution in [0.1, 0.15) is 0 Å². The highest BCUT2D eigenvalue weighted by atomic mass is 16.3. The van der Waals surface area contributed by atoms with Crippen molar-refractivity contribution in [3.63, 3.8) is 0 Å². The molecule has 0 bridgehead atoms. The monoisotopic (exact) mass is 780 g/mol. The van der Waals surface area contributed by atoms with Crippen molar-refractivity contribution in [3.8, 4) is 51.0 Å². The Bertz CT molecular complexity index is 3900. The maximum Gasteiger partial charge on any atom is 0.164 e. The number of nitrogens with zero attached hydrogens (tertiary/aromatic N) is 4. The van der Waals surface area contributed by atoms with E-state index in [9.17, 15) is 0 Å². The van der Waals surface area contributed by atoms with Crippen molar-refractivity contribution in [3.05, 3.63) is 194 Å². The maximum absolute atomic E-state index is 6.81. The lowest BCUT2D eigenvalue weighted by Crippen LogP contribution is -2.01. The molecule has 0 unspecified atom stereocenters. The molecule has 0 N–H and O–H groups in total. The summed E-state index contributed by atoms with van der Waals surface area (Å²) in [6, 6.07) is 67.5. The van der Waals surface area contributed by atoms with E-state index in [-0.39, 0.29) is 0 Å².